The fourth-order valence-corrected chi connectivity index (χ4v) is 4.75. The summed E-state index contributed by atoms with van der Waals surface area (Å²) in [4.78, 5) is 0. The van der Waals surface area contributed by atoms with E-state index >= 15 is 0 Å². The van der Waals surface area contributed by atoms with Crippen molar-refractivity contribution >= 4 is 12.2 Å². The van der Waals surface area contributed by atoms with E-state index in [9.17, 15) is 39.5 Å². The molecule has 1 saturated carbocycles. The molecule has 0 aromatic heterocycles. The highest BCUT2D eigenvalue weighted by molar-refractivity contribution is 5.73. The van der Waals surface area contributed by atoms with Gasteiger partial charge in [0.2, 0.25) is 5.75 Å². The first-order chi connectivity index (χ1) is 18.4. The monoisotopic (exact) mass is 556 g/mol. The van der Waals surface area contributed by atoms with Crippen molar-refractivity contribution in [1.82, 2.24) is 0 Å². The first-order valence-corrected chi connectivity index (χ1v) is 11.9. The quantitative estimate of drug-likeness (QED) is 0.167. The van der Waals surface area contributed by atoms with Crippen molar-refractivity contribution in [3.63, 3.8) is 0 Å². The van der Waals surface area contributed by atoms with Crippen LogP contribution in [0.5, 0.6) is 5.75 Å². The lowest BCUT2D eigenvalue weighted by Gasteiger charge is -2.27. The third-order valence-electron chi connectivity index (χ3n) is 6.69. The maximum atomic E-state index is 14.8. The molecule has 206 valence electrons. The van der Waals surface area contributed by atoms with Gasteiger partial charge in [0.05, 0.1) is 5.56 Å². The smallest absolute Gasteiger partial charge is 0.399 e. The molecule has 0 saturated heterocycles. The summed E-state index contributed by atoms with van der Waals surface area (Å²) >= 11 is 0. The highest BCUT2D eigenvalue weighted by Gasteiger charge is 2.34. The normalized spacial score (nSPS) is 18.0. The van der Waals surface area contributed by atoms with Crippen LogP contribution in [-0.4, -0.2) is 6.36 Å². The van der Waals surface area contributed by atoms with Gasteiger partial charge < -0.3 is 4.74 Å². The Balaban J connectivity index is 1.58. The minimum atomic E-state index is -5.39. The molecule has 39 heavy (non-hydrogen) atoms. The van der Waals surface area contributed by atoms with Crippen LogP contribution in [0.2, 0.25) is 0 Å². The van der Waals surface area contributed by atoms with Crippen molar-refractivity contribution in [3.8, 4) is 16.9 Å². The predicted molar refractivity (Wildman–Crippen MR) is 129 cm³/mol. The second kappa shape index (κ2) is 11.2. The van der Waals surface area contributed by atoms with Gasteiger partial charge in [-0.1, -0.05) is 12.2 Å². The predicted octanol–water partition coefficient (Wildman–Crippen LogP) is 9.72. The highest BCUT2D eigenvalue weighted by atomic mass is 19.4. The van der Waals surface area contributed by atoms with E-state index in [4.69, 9.17) is 0 Å². The highest BCUT2D eigenvalue weighted by Crippen LogP contribution is 2.38. The van der Waals surface area contributed by atoms with E-state index in [0.717, 1.165) is 50.0 Å². The molecule has 0 amide bonds. The van der Waals surface area contributed by atoms with Gasteiger partial charge in [-0.05, 0) is 96.7 Å². The van der Waals surface area contributed by atoms with Gasteiger partial charge >= 0.3 is 6.36 Å². The number of ether oxygens (including phenoxy) is 1. The van der Waals surface area contributed by atoms with Gasteiger partial charge in [0.25, 0.3) is 0 Å². The zero-order valence-corrected chi connectivity index (χ0v) is 20.2. The summed E-state index contributed by atoms with van der Waals surface area (Å²) in [7, 11) is 0. The minimum Gasteiger partial charge on any atom is -0.399 e. The number of benzene rings is 3. The molecule has 0 spiro atoms. The van der Waals surface area contributed by atoms with Crippen LogP contribution in [0.25, 0.3) is 23.3 Å². The molecule has 3 aromatic carbocycles. The number of allylic oxidation sites excluding steroid dienone is 1. The molecule has 1 fully saturated rings. The zero-order valence-electron chi connectivity index (χ0n) is 20.2. The number of alkyl halides is 3. The molecule has 0 N–H and O–H groups in total. The first kappa shape index (κ1) is 28.3. The van der Waals surface area contributed by atoms with Crippen molar-refractivity contribution in [2.75, 3.05) is 0 Å². The maximum Gasteiger partial charge on any atom is 0.573 e. The average molecular weight is 556 g/mol. The molecule has 1 aliphatic carbocycles. The van der Waals surface area contributed by atoms with Crippen LogP contribution in [0.3, 0.4) is 0 Å². The van der Waals surface area contributed by atoms with Gasteiger partial charge in [-0.25, -0.2) is 26.3 Å². The zero-order chi connectivity index (χ0) is 28.5. The minimum absolute atomic E-state index is 0.00253. The Labute approximate surface area is 218 Å². The van der Waals surface area contributed by atoms with Crippen LogP contribution in [0.4, 0.5) is 39.5 Å². The van der Waals surface area contributed by atoms with E-state index in [-0.39, 0.29) is 23.6 Å². The summed E-state index contributed by atoms with van der Waals surface area (Å²) in [5, 5.41) is 0. The van der Waals surface area contributed by atoms with Crippen LogP contribution in [0, 0.1) is 40.8 Å². The lowest BCUT2D eigenvalue weighted by Crippen LogP contribution is -2.19. The summed E-state index contributed by atoms with van der Waals surface area (Å²) in [6, 6.07) is 4.54. The Morgan fingerprint density at radius 3 is 1.72 bits per heavy atom. The van der Waals surface area contributed by atoms with Crippen LogP contribution >= 0.6 is 0 Å². The van der Waals surface area contributed by atoms with Crippen molar-refractivity contribution < 1.29 is 44.3 Å². The topological polar surface area (TPSA) is 9.23 Å². The van der Waals surface area contributed by atoms with Gasteiger partial charge in [-0.3, -0.25) is 0 Å². The molecule has 3 aromatic rings. The van der Waals surface area contributed by atoms with Crippen LogP contribution in [0.15, 0.2) is 49.1 Å². The largest absolute Gasteiger partial charge is 0.573 e. The first-order valence-electron chi connectivity index (χ1n) is 11.9. The van der Waals surface area contributed by atoms with E-state index in [2.05, 4.69) is 11.3 Å². The summed E-state index contributed by atoms with van der Waals surface area (Å²) in [6.45, 7) is 3.78. The molecule has 1 aliphatic rings. The SMILES string of the molecule is C=CC1CCC(c2cc(F)c(/C=C/c3cc(F)c(-c4cc(F)c(OC(F)(F)F)c(F)c4)c(F)c3)c(F)c2)CC1. The molecule has 0 unspecified atom stereocenters. The van der Waals surface area contributed by atoms with E-state index in [0.29, 0.717) is 11.5 Å². The van der Waals surface area contributed by atoms with Crippen LogP contribution in [-0.2, 0) is 0 Å². The average Bonchev–Trinajstić information content (AvgIpc) is 2.85. The van der Waals surface area contributed by atoms with Gasteiger partial charge in [0.1, 0.15) is 23.3 Å². The fourth-order valence-electron chi connectivity index (χ4n) is 4.75. The van der Waals surface area contributed by atoms with Gasteiger partial charge in [-0.2, -0.15) is 0 Å². The third-order valence-corrected chi connectivity index (χ3v) is 6.69. The Hall–Kier alpha value is -3.69. The molecule has 0 bridgehead atoms. The van der Waals surface area contributed by atoms with E-state index in [1.54, 1.807) is 0 Å². The molecular formula is C29H21F9O. The summed E-state index contributed by atoms with van der Waals surface area (Å²) in [5.74, 6) is -9.37. The maximum absolute atomic E-state index is 14.8. The molecule has 0 heterocycles. The number of hydrogen-bond acceptors (Lipinski definition) is 1. The lowest BCUT2D eigenvalue weighted by molar-refractivity contribution is -0.276. The van der Waals surface area contributed by atoms with E-state index in [1.165, 1.54) is 12.1 Å². The summed E-state index contributed by atoms with van der Waals surface area (Å²) in [5.41, 5.74) is -1.71. The number of hydrogen-bond donors (Lipinski definition) is 0. The molecule has 4 rings (SSSR count). The van der Waals surface area contributed by atoms with Crippen molar-refractivity contribution in [1.29, 1.82) is 0 Å². The Morgan fingerprint density at radius 1 is 0.692 bits per heavy atom. The molecule has 10 heteroatoms. The fraction of sp³-hybridized carbons (Fsp3) is 0.241. The number of halogens is 9. The molecular weight excluding hydrogens is 535 g/mol. The molecule has 0 radical (unpaired) electrons. The lowest BCUT2D eigenvalue weighted by atomic mass is 9.78. The van der Waals surface area contributed by atoms with Crippen LogP contribution in [0.1, 0.15) is 48.3 Å². The third kappa shape index (κ3) is 6.49. The van der Waals surface area contributed by atoms with Gasteiger partial charge in [0, 0.05) is 5.56 Å². The Morgan fingerprint density at radius 2 is 1.23 bits per heavy atom. The van der Waals surface area contributed by atoms with Crippen molar-refractivity contribution in [2.45, 2.75) is 38.0 Å². The molecule has 0 aliphatic heterocycles. The van der Waals surface area contributed by atoms with Crippen molar-refractivity contribution in [2.24, 2.45) is 5.92 Å². The Bertz CT molecular complexity index is 1350. The van der Waals surface area contributed by atoms with Gasteiger partial charge in [-0.15, -0.1) is 19.8 Å². The second-order valence-corrected chi connectivity index (χ2v) is 9.26. The number of rotatable bonds is 6. The summed E-state index contributed by atoms with van der Waals surface area (Å²) < 4.78 is 127. The van der Waals surface area contributed by atoms with Crippen LogP contribution < -0.4 is 4.74 Å². The molecule has 0 atom stereocenters. The molecule has 1 nitrogen and oxygen atoms in total. The van der Waals surface area contributed by atoms with E-state index < -0.39 is 63.7 Å². The van der Waals surface area contributed by atoms with E-state index in [1.807, 2.05) is 6.08 Å². The second-order valence-electron chi connectivity index (χ2n) is 9.26. The standard InChI is InChI=1S/C29H21F9O/c1-2-15-3-6-17(7-4-15)18-11-21(30)20(22(31)12-18)8-5-16-9-23(32)27(24(33)10-16)19-13-25(34)28(26(35)14-19)39-29(36,37)38/h2,5,8-15,17H,1,3-4,6-7H2/b8-5+. The Kier molecular flexibility index (Phi) is 8.13. The van der Waals surface area contributed by atoms with Gasteiger partial charge in [0.15, 0.2) is 11.6 Å². The van der Waals surface area contributed by atoms with Crippen molar-refractivity contribution in [3.05, 3.63) is 101 Å². The summed E-state index contributed by atoms with van der Waals surface area (Å²) in [6.07, 6.45) is 1.81.